The van der Waals surface area contributed by atoms with Crippen molar-refractivity contribution in [3.63, 3.8) is 0 Å². The summed E-state index contributed by atoms with van der Waals surface area (Å²) >= 11 is 0. The van der Waals surface area contributed by atoms with Crippen molar-refractivity contribution >= 4 is 17.6 Å². The molecule has 3 atom stereocenters. The largest absolute Gasteiger partial charge is 0.342 e. The van der Waals surface area contributed by atoms with Crippen LogP contribution in [0.5, 0.6) is 0 Å². The molecule has 2 unspecified atom stereocenters. The van der Waals surface area contributed by atoms with E-state index in [4.69, 9.17) is 0 Å². The standard InChI is InChI=1S/C29H37FN8O2/c1-20(39)38-14-12-27(32-29(40)31-26-7-3-6-23(16-26)28-33-34-35-36(28)2)24(19-38)18-37-13-4-5-22(17-37)15-21-8-10-25(30)11-9-21/h3,6-11,16,22,24,27H,4-5,12-15,17-19H2,1-2H3,(H2,31,32,40)/t22?,24?,27-/m1/s1. The minimum Gasteiger partial charge on any atom is -0.342 e. The molecule has 3 heterocycles. The molecule has 40 heavy (non-hydrogen) atoms. The Balaban J connectivity index is 1.21. The smallest absolute Gasteiger partial charge is 0.319 e. The van der Waals surface area contributed by atoms with Gasteiger partial charge in [0, 0.05) is 63.4 Å². The Morgan fingerprint density at radius 1 is 1.07 bits per heavy atom. The number of halogens is 1. The number of benzene rings is 2. The molecule has 2 saturated heterocycles. The van der Waals surface area contributed by atoms with Crippen LogP contribution in [0.3, 0.4) is 0 Å². The number of hydrogen-bond donors (Lipinski definition) is 2. The van der Waals surface area contributed by atoms with Crippen LogP contribution in [-0.2, 0) is 18.3 Å². The van der Waals surface area contributed by atoms with Gasteiger partial charge in [-0.15, -0.1) is 5.10 Å². The zero-order chi connectivity index (χ0) is 28.1. The normalized spacial score (nSPS) is 21.7. The van der Waals surface area contributed by atoms with Crippen molar-refractivity contribution in [3.05, 3.63) is 59.9 Å². The summed E-state index contributed by atoms with van der Waals surface area (Å²) in [4.78, 5) is 29.7. The second-order valence-corrected chi connectivity index (χ2v) is 11.0. The summed E-state index contributed by atoms with van der Waals surface area (Å²) in [6.45, 7) is 5.61. The highest BCUT2D eigenvalue weighted by Gasteiger charge is 2.34. The van der Waals surface area contributed by atoms with Crippen LogP contribution < -0.4 is 10.6 Å². The van der Waals surface area contributed by atoms with Gasteiger partial charge in [0.05, 0.1) is 0 Å². The molecular formula is C29H37FN8O2. The molecule has 212 valence electrons. The summed E-state index contributed by atoms with van der Waals surface area (Å²) in [5, 5.41) is 17.8. The van der Waals surface area contributed by atoms with E-state index in [0.717, 1.165) is 50.0 Å². The van der Waals surface area contributed by atoms with Gasteiger partial charge in [-0.05, 0) is 78.4 Å². The number of urea groups is 1. The van der Waals surface area contributed by atoms with Crippen LogP contribution in [0.4, 0.5) is 14.9 Å². The number of likely N-dealkylation sites (tertiary alicyclic amines) is 2. The number of nitrogens with one attached hydrogen (secondary N) is 2. The molecule has 10 nitrogen and oxygen atoms in total. The number of nitrogens with zero attached hydrogens (tertiary/aromatic N) is 6. The molecule has 5 rings (SSSR count). The van der Waals surface area contributed by atoms with E-state index in [9.17, 15) is 14.0 Å². The minimum atomic E-state index is -0.271. The average molecular weight is 549 g/mol. The van der Waals surface area contributed by atoms with Crippen molar-refractivity contribution in [1.29, 1.82) is 0 Å². The fraction of sp³-hybridized carbons (Fsp3) is 0.483. The van der Waals surface area contributed by atoms with Crippen LogP contribution >= 0.6 is 0 Å². The Morgan fingerprint density at radius 2 is 1.90 bits per heavy atom. The van der Waals surface area contributed by atoms with Gasteiger partial charge in [0.1, 0.15) is 5.82 Å². The number of piperidine rings is 2. The summed E-state index contributed by atoms with van der Waals surface area (Å²) < 4.78 is 14.9. The van der Waals surface area contributed by atoms with Crippen molar-refractivity contribution < 1.29 is 14.0 Å². The molecule has 2 N–H and O–H groups in total. The quantitative estimate of drug-likeness (QED) is 0.469. The van der Waals surface area contributed by atoms with E-state index in [2.05, 4.69) is 31.1 Å². The van der Waals surface area contributed by atoms with Crippen molar-refractivity contribution in [3.8, 4) is 11.4 Å². The summed E-state index contributed by atoms with van der Waals surface area (Å²) in [5.74, 6) is 1.08. The van der Waals surface area contributed by atoms with E-state index in [-0.39, 0.29) is 29.7 Å². The topological polar surface area (TPSA) is 108 Å². The Kier molecular flexibility index (Phi) is 8.69. The number of carbonyl (C=O) groups is 2. The van der Waals surface area contributed by atoms with Crippen molar-refractivity contribution in [1.82, 2.24) is 35.3 Å². The number of rotatable bonds is 7. The van der Waals surface area contributed by atoms with Crippen LogP contribution in [-0.4, -0.2) is 80.7 Å². The molecule has 2 aliphatic rings. The second-order valence-electron chi connectivity index (χ2n) is 11.0. The van der Waals surface area contributed by atoms with E-state index in [1.807, 2.05) is 41.3 Å². The molecule has 3 amide bonds. The first-order valence-electron chi connectivity index (χ1n) is 14.0. The number of aromatic nitrogens is 4. The van der Waals surface area contributed by atoms with E-state index in [0.29, 0.717) is 36.9 Å². The molecular weight excluding hydrogens is 511 g/mol. The van der Waals surface area contributed by atoms with Gasteiger partial charge < -0.3 is 20.4 Å². The molecule has 3 aromatic rings. The molecule has 0 saturated carbocycles. The SMILES string of the molecule is CC(=O)N1CC[C@@H](NC(=O)Nc2cccc(-c3nnnn3C)c2)C(CN2CCCC(Cc3ccc(F)cc3)C2)C1. The minimum absolute atomic E-state index is 0.0563. The predicted octanol–water partition coefficient (Wildman–Crippen LogP) is 3.33. The first-order chi connectivity index (χ1) is 19.3. The molecule has 0 radical (unpaired) electrons. The van der Waals surface area contributed by atoms with Crippen LogP contribution in [0.2, 0.25) is 0 Å². The summed E-state index contributed by atoms with van der Waals surface area (Å²) in [7, 11) is 1.77. The summed E-state index contributed by atoms with van der Waals surface area (Å²) in [5.41, 5.74) is 2.61. The lowest BCUT2D eigenvalue weighted by atomic mass is 9.88. The maximum Gasteiger partial charge on any atom is 0.319 e. The molecule has 0 spiro atoms. The fourth-order valence-corrected chi connectivity index (χ4v) is 6.01. The van der Waals surface area contributed by atoms with Crippen molar-refractivity contribution in [2.45, 2.75) is 38.6 Å². The monoisotopic (exact) mass is 548 g/mol. The zero-order valence-corrected chi connectivity index (χ0v) is 23.1. The lowest BCUT2D eigenvalue weighted by Crippen LogP contribution is -2.56. The van der Waals surface area contributed by atoms with Crippen LogP contribution in [0, 0.1) is 17.7 Å². The fourth-order valence-electron chi connectivity index (χ4n) is 6.01. The van der Waals surface area contributed by atoms with E-state index < -0.39 is 0 Å². The first kappa shape index (κ1) is 27.7. The number of tetrazole rings is 1. The van der Waals surface area contributed by atoms with Gasteiger partial charge in [0.25, 0.3) is 0 Å². The highest BCUT2D eigenvalue weighted by Crippen LogP contribution is 2.25. The molecule has 11 heteroatoms. The third-order valence-electron chi connectivity index (χ3n) is 8.03. The van der Waals surface area contributed by atoms with Crippen molar-refractivity contribution in [2.75, 3.05) is 38.0 Å². The first-order valence-corrected chi connectivity index (χ1v) is 14.0. The molecule has 0 aliphatic carbocycles. The highest BCUT2D eigenvalue weighted by molar-refractivity contribution is 5.90. The van der Waals surface area contributed by atoms with Gasteiger partial charge in [-0.1, -0.05) is 24.3 Å². The van der Waals surface area contributed by atoms with Gasteiger partial charge in [0.2, 0.25) is 5.91 Å². The van der Waals surface area contributed by atoms with Gasteiger partial charge in [-0.25, -0.2) is 13.9 Å². The van der Waals surface area contributed by atoms with Gasteiger partial charge in [-0.3, -0.25) is 4.79 Å². The number of hydrogen-bond acceptors (Lipinski definition) is 6. The molecule has 2 fully saturated rings. The highest BCUT2D eigenvalue weighted by atomic mass is 19.1. The summed E-state index contributed by atoms with van der Waals surface area (Å²) in [6, 6.07) is 13.9. The van der Waals surface area contributed by atoms with Crippen LogP contribution in [0.1, 0.15) is 31.7 Å². The summed E-state index contributed by atoms with van der Waals surface area (Å²) in [6.07, 6.45) is 3.88. The van der Waals surface area contributed by atoms with Crippen LogP contribution in [0.15, 0.2) is 48.5 Å². The van der Waals surface area contributed by atoms with E-state index in [1.54, 1.807) is 18.7 Å². The van der Waals surface area contributed by atoms with Crippen LogP contribution in [0.25, 0.3) is 11.4 Å². The lowest BCUT2D eigenvalue weighted by Gasteiger charge is -2.42. The Hall–Kier alpha value is -3.86. The molecule has 0 bridgehead atoms. The predicted molar refractivity (Wildman–Crippen MR) is 150 cm³/mol. The van der Waals surface area contributed by atoms with Crippen molar-refractivity contribution in [2.24, 2.45) is 18.9 Å². The van der Waals surface area contributed by atoms with Gasteiger partial charge >= 0.3 is 6.03 Å². The lowest BCUT2D eigenvalue weighted by molar-refractivity contribution is -0.131. The molecule has 2 aliphatic heterocycles. The third kappa shape index (κ3) is 7.01. The number of carbonyl (C=O) groups excluding carboxylic acids is 2. The van der Waals surface area contributed by atoms with Gasteiger partial charge in [0.15, 0.2) is 5.82 Å². The Bertz CT molecular complexity index is 1310. The maximum atomic E-state index is 13.3. The Morgan fingerprint density at radius 3 is 2.65 bits per heavy atom. The number of amides is 3. The third-order valence-corrected chi connectivity index (χ3v) is 8.03. The van der Waals surface area contributed by atoms with Gasteiger partial charge in [-0.2, -0.15) is 0 Å². The number of anilines is 1. The maximum absolute atomic E-state index is 13.3. The second kappa shape index (κ2) is 12.5. The zero-order valence-electron chi connectivity index (χ0n) is 23.1. The number of aryl methyl sites for hydroxylation is 1. The molecule has 2 aromatic carbocycles. The average Bonchev–Trinajstić information content (AvgIpc) is 3.37. The molecule has 1 aromatic heterocycles. The Labute approximate surface area is 233 Å². The van der Waals surface area contributed by atoms with E-state index >= 15 is 0 Å². The van der Waals surface area contributed by atoms with E-state index in [1.165, 1.54) is 12.1 Å².